The normalized spacial score (nSPS) is 9.93. The molecule has 5 heteroatoms. The van der Waals surface area contributed by atoms with E-state index in [1.54, 1.807) is 12.1 Å². The second kappa shape index (κ2) is 4.55. The van der Waals surface area contributed by atoms with Crippen molar-refractivity contribution in [3.63, 3.8) is 0 Å². The second-order valence-electron chi connectivity index (χ2n) is 2.80. The van der Waals surface area contributed by atoms with Gasteiger partial charge in [-0.3, -0.25) is 10.1 Å². The van der Waals surface area contributed by atoms with Crippen LogP contribution in [0.15, 0.2) is 40.3 Å². The van der Waals surface area contributed by atoms with Crippen LogP contribution < -0.4 is 5.32 Å². The molecule has 0 spiro atoms. The largest absolute Gasteiger partial charge is 0.298 e. The zero-order valence-corrected chi connectivity index (χ0v) is 10.0. The molecule has 15 heavy (non-hydrogen) atoms. The van der Waals surface area contributed by atoms with Gasteiger partial charge in [-0.15, -0.1) is 11.3 Å². The van der Waals surface area contributed by atoms with Crippen LogP contribution in [0.3, 0.4) is 0 Å². The Labute approximate surface area is 99.3 Å². The molecular weight excluding hydrogens is 276 g/mol. The first kappa shape index (κ1) is 10.3. The van der Waals surface area contributed by atoms with Crippen LogP contribution in [0.4, 0.5) is 5.13 Å². The Hall–Kier alpha value is -1.20. The van der Waals surface area contributed by atoms with Gasteiger partial charge in [-0.25, -0.2) is 4.98 Å². The number of carbonyl (C=O) groups excluding carboxylic acids is 1. The third kappa shape index (κ3) is 2.64. The van der Waals surface area contributed by atoms with Gasteiger partial charge in [0.2, 0.25) is 0 Å². The highest BCUT2D eigenvalue weighted by molar-refractivity contribution is 9.10. The maximum absolute atomic E-state index is 11.7. The number of carbonyl (C=O) groups is 1. The standard InChI is InChI=1S/C10H7BrN2OS/c11-8-6-15-10(12-8)13-9(14)7-4-2-1-3-5-7/h1-6H,(H,12,13,14). The number of hydrogen-bond acceptors (Lipinski definition) is 3. The Morgan fingerprint density at radius 3 is 2.67 bits per heavy atom. The first-order valence-electron chi connectivity index (χ1n) is 4.23. The van der Waals surface area contributed by atoms with E-state index in [-0.39, 0.29) is 5.91 Å². The lowest BCUT2D eigenvalue weighted by atomic mass is 10.2. The minimum absolute atomic E-state index is 0.141. The Morgan fingerprint density at radius 1 is 1.33 bits per heavy atom. The zero-order chi connectivity index (χ0) is 10.7. The maximum Gasteiger partial charge on any atom is 0.257 e. The Morgan fingerprint density at radius 2 is 2.07 bits per heavy atom. The van der Waals surface area contributed by atoms with Gasteiger partial charge in [-0.1, -0.05) is 18.2 Å². The van der Waals surface area contributed by atoms with Crippen LogP contribution in [0.1, 0.15) is 10.4 Å². The van der Waals surface area contributed by atoms with E-state index in [0.29, 0.717) is 10.7 Å². The third-order valence-corrected chi connectivity index (χ3v) is 3.20. The van der Waals surface area contributed by atoms with Gasteiger partial charge in [0.25, 0.3) is 5.91 Å². The summed E-state index contributed by atoms with van der Waals surface area (Å²) in [4.78, 5) is 15.7. The number of anilines is 1. The average molecular weight is 283 g/mol. The summed E-state index contributed by atoms with van der Waals surface area (Å²) in [5.41, 5.74) is 0.629. The first-order valence-corrected chi connectivity index (χ1v) is 5.90. The number of thiazole rings is 1. The third-order valence-electron chi connectivity index (χ3n) is 1.73. The molecule has 0 bridgehead atoms. The molecule has 2 rings (SSSR count). The van der Waals surface area contributed by atoms with Crippen molar-refractivity contribution in [2.75, 3.05) is 5.32 Å². The molecule has 1 amide bonds. The molecule has 0 saturated carbocycles. The van der Waals surface area contributed by atoms with Gasteiger partial charge >= 0.3 is 0 Å². The molecule has 0 saturated heterocycles. The van der Waals surface area contributed by atoms with Gasteiger partial charge in [0.1, 0.15) is 4.60 Å². The van der Waals surface area contributed by atoms with Crippen LogP contribution in [0.25, 0.3) is 0 Å². The fraction of sp³-hybridized carbons (Fsp3) is 0. The summed E-state index contributed by atoms with van der Waals surface area (Å²) in [6.45, 7) is 0. The van der Waals surface area contributed by atoms with Crippen LogP contribution in [0.5, 0.6) is 0 Å². The van der Waals surface area contributed by atoms with Crippen molar-refractivity contribution in [2.24, 2.45) is 0 Å². The summed E-state index contributed by atoms with van der Waals surface area (Å²) in [6.07, 6.45) is 0. The molecule has 1 N–H and O–H groups in total. The predicted molar refractivity (Wildman–Crippen MR) is 64.2 cm³/mol. The van der Waals surface area contributed by atoms with Crippen molar-refractivity contribution in [3.05, 3.63) is 45.9 Å². The van der Waals surface area contributed by atoms with E-state index in [9.17, 15) is 4.79 Å². The van der Waals surface area contributed by atoms with Crippen molar-refractivity contribution in [2.45, 2.75) is 0 Å². The zero-order valence-electron chi connectivity index (χ0n) is 7.61. The van der Waals surface area contributed by atoms with E-state index in [2.05, 4.69) is 26.2 Å². The highest BCUT2D eigenvalue weighted by atomic mass is 79.9. The lowest BCUT2D eigenvalue weighted by Crippen LogP contribution is -2.11. The number of benzene rings is 1. The maximum atomic E-state index is 11.7. The van der Waals surface area contributed by atoms with E-state index >= 15 is 0 Å². The molecule has 0 aliphatic heterocycles. The van der Waals surface area contributed by atoms with Gasteiger partial charge in [0, 0.05) is 10.9 Å². The summed E-state index contributed by atoms with van der Waals surface area (Å²) in [7, 11) is 0. The van der Waals surface area contributed by atoms with E-state index in [1.807, 2.05) is 23.6 Å². The lowest BCUT2D eigenvalue weighted by molar-refractivity contribution is 0.102. The average Bonchev–Trinajstić information content (AvgIpc) is 2.65. The van der Waals surface area contributed by atoms with Gasteiger partial charge in [-0.2, -0.15) is 0 Å². The monoisotopic (exact) mass is 282 g/mol. The molecule has 0 atom stereocenters. The van der Waals surface area contributed by atoms with Gasteiger partial charge in [-0.05, 0) is 28.1 Å². The fourth-order valence-corrected chi connectivity index (χ4v) is 2.21. The fourth-order valence-electron chi connectivity index (χ4n) is 1.07. The van der Waals surface area contributed by atoms with Crippen molar-refractivity contribution >= 4 is 38.3 Å². The molecule has 1 heterocycles. The predicted octanol–water partition coefficient (Wildman–Crippen LogP) is 3.16. The smallest absolute Gasteiger partial charge is 0.257 e. The molecule has 0 aliphatic rings. The van der Waals surface area contributed by atoms with Crippen LogP contribution in [-0.4, -0.2) is 10.9 Å². The van der Waals surface area contributed by atoms with Gasteiger partial charge in [0.15, 0.2) is 5.13 Å². The van der Waals surface area contributed by atoms with E-state index < -0.39 is 0 Å². The molecule has 76 valence electrons. The molecule has 2 aromatic rings. The summed E-state index contributed by atoms with van der Waals surface area (Å²) in [6, 6.07) is 9.05. The van der Waals surface area contributed by atoms with Crippen LogP contribution in [-0.2, 0) is 0 Å². The number of nitrogens with one attached hydrogen (secondary N) is 1. The minimum atomic E-state index is -0.141. The number of aromatic nitrogens is 1. The number of rotatable bonds is 2. The summed E-state index contributed by atoms with van der Waals surface area (Å²) < 4.78 is 0.732. The van der Waals surface area contributed by atoms with Crippen molar-refractivity contribution in [1.82, 2.24) is 4.98 Å². The summed E-state index contributed by atoms with van der Waals surface area (Å²) in [5.74, 6) is -0.141. The van der Waals surface area contributed by atoms with Gasteiger partial charge < -0.3 is 0 Å². The molecule has 0 unspecified atom stereocenters. The molecule has 0 aliphatic carbocycles. The number of hydrogen-bond donors (Lipinski definition) is 1. The van der Waals surface area contributed by atoms with Crippen LogP contribution >= 0.6 is 27.3 Å². The minimum Gasteiger partial charge on any atom is -0.298 e. The first-order chi connectivity index (χ1) is 7.25. The van der Waals surface area contributed by atoms with Crippen molar-refractivity contribution in [1.29, 1.82) is 0 Å². The molecule has 0 radical (unpaired) electrons. The highest BCUT2D eigenvalue weighted by Crippen LogP contribution is 2.19. The van der Waals surface area contributed by atoms with Crippen molar-refractivity contribution in [3.8, 4) is 0 Å². The second-order valence-corrected chi connectivity index (χ2v) is 4.47. The molecule has 1 aromatic carbocycles. The van der Waals surface area contributed by atoms with E-state index in [4.69, 9.17) is 0 Å². The molecule has 0 fully saturated rings. The Kier molecular flexibility index (Phi) is 3.13. The van der Waals surface area contributed by atoms with E-state index in [0.717, 1.165) is 4.60 Å². The molecular formula is C10H7BrN2OS. The van der Waals surface area contributed by atoms with E-state index in [1.165, 1.54) is 11.3 Å². The van der Waals surface area contributed by atoms with Crippen LogP contribution in [0, 0.1) is 0 Å². The molecule has 1 aromatic heterocycles. The highest BCUT2D eigenvalue weighted by Gasteiger charge is 2.07. The quantitative estimate of drug-likeness (QED) is 0.919. The summed E-state index contributed by atoms with van der Waals surface area (Å²) in [5, 5.41) is 5.13. The number of amides is 1. The molecule has 3 nitrogen and oxygen atoms in total. The Bertz CT molecular complexity index is 469. The van der Waals surface area contributed by atoms with Crippen molar-refractivity contribution < 1.29 is 4.79 Å². The summed E-state index contributed by atoms with van der Waals surface area (Å²) >= 11 is 4.61. The lowest BCUT2D eigenvalue weighted by Gasteiger charge is -2.00. The van der Waals surface area contributed by atoms with Gasteiger partial charge in [0.05, 0.1) is 0 Å². The van der Waals surface area contributed by atoms with Crippen LogP contribution in [0.2, 0.25) is 0 Å². The number of nitrogens with zero attached hydrogens (tertiary/aromatic N) is 1. The topological polar surface area (TPSA) is 42.0 Å². The number of halogens is 1. The Balaban J connectivity index is 2.11. The SMILES string of the molecule is O=C(Nc1nc(Br)cs1)c1ccccc1.